The van der Waals surface area contributed by atoms with Crippen molar-refractivity contribution in [3.63, 3.8) is 0 Å². The summed E-state index contributed by atoms with van der Waals surface area (Å²) in [6, 6.07) is 22.9. The number of carbonyl (C=O) groups excluding carboxylic acids is 1. The Morgan fingerprint density at radius 1 is 1.03 bits per heavy atom. The molecule has 172 valence electrons. The lowest BCUT2D eigenvalue weighted by Crippen LogP contribution is -2.43. The van der Waals surface area contributed by atoms with E-state index in [4.69, 9.17) is 16.9 Å². The molecule has 0 radical (unpaired) electrons. The smallest absolute Gasteiger partial charge is 0.324 e. The minimum absolute atomic E-state index is 0.222. The van der Waals surface area contributed by atoms with E-state index in [1.165, 1.54) is 11.2 Å². The van der Waals surface area contributed by atoms with Gasteiger partial charge in [0.25, 0.3) is 0 Å². The van der Waals surface area contributed by atoms with Crippen LogP contribution in [-0.2, 0) is 0 Å². The van der Waals surface area contributed by atoms with Crippen molar-refractivity contribution in [2.45, 2.75) is 0 Å². The molecule has 4 aromatic rings. The highest BCUT2D eigenvalue weighted by molar-refractivity contribution is 9.10. The monoisotopic (exact) mass is 547 g/mol. The summed E-state index contributed by atoms with van der Waals surface area (Å²) in [6.45, 7) is 0. The van der Waals surface area contributed by atoms with E-state index in [-0.39, 0.29) is 22.5 Å². The number of para-hydroxylation sites is 1. The summed E-state index contributed by atoms with van der Waals surface area (Å²) < 4.78 is 0.816. The molecule has 0 bridgehead atoms. The van der Waals surface area contributed by atoms with E-state index in [2.05, 4.69) is 42.5 Å². The lowest BCUT2D eigenvalue weighted by atomic mass is 10.2. The SMILES string of the molecule is N#Cc1ccc(Nc2nccc(N(c3ccc(Br)cc3)N(C(=O)N=O)c3ccccc3Cl)n2)cc1. The number of nitrogens with one attached hydrogen (secondary N) is 1. The Labute approximate surface area is 213 Å². The molecule has 0 aliphatic heterocycles. The van der Waals surface area contributed by atoms with Crippen LogP contribution in [0.15, 0.2) is 94.7 Å². The number of hydrazine groups is 1. The first kappa shape index (κ1) is 23.8. The molecule has 1 heterocycles. The van der Waals surface area contributed by atoms with Crippen LogP contribution in [0.2, 0.25) is 5.02 Å². The van der Waals surface area contributed by atoms with E-state index in [1.54, 1.807) is 78.9 Å². The number of amides is 2. The number of nitroso groups, excluding NO2 is 1. The van der Waals surface area contributed by atoms with Crippen LogP contribution in [0.3, 0.4) is 0 Å². The van der Waals surface area contributed by atoms with E-state index in [0.29, 0.717) is 16.9 Å². The van der Waals surface area contributed by atoms with Crippen molar-refractivity contribution in [2.24, 2.45) is 5.18 Å². The number of hydrogen-bond donors (Lipinski definition) is 1. The third-order valence-electron chi connectivity index (χ3n) is 4.74. The van der Waals surface area contributed by atoms with Gasteiger partial charge in [-0.2, -0.15) is 15.3 Å². The molecular formula is C24H15BrClN7O2. The van der Waals surface area contributed by atoms with Gasteiger partial charge in [-0.15, -0.1) is 4.91 Å². The average molecular weight is 549 g/mol. The van der Waals surface area contributed by atoms with Gasteiger partial charge < -0.3 is 5.32 Å². The zero-order valence-electron chi connectivity index (χ0n) is 17.8. The van der Waals surface area contributed by atoms with Gasteiger partial charge in [0.15, 0.2) is 5.82 Å². The van der Waals surface area contributed by atoms with Crippen LogP contribution in [-0.4, -0.2) is 16.0 Å². The van der Waals surface area contributed by atoms with Crippen LogP contribution in [0.4, 0.5) is 33.6 Å². The van der Waals surface area contributed by atoms with Crippen molar-refractivity contribution < 1.29 is 4.79 Å². The Morgan fingerprint density at radius 2 is 1.74 bits per heavy atom. The van der Waals surface area contributed by atoms with Crippen LogP contribution < -0.4 is 15.3 Å². The number of anilines is 5. The Kier molecular flexibility index (Phi) is 7.30. The summed E-state index contributed by atoms with van der Waals surface area (Å²) in [4.78, 5) is 33.0. The third-order valence-corrected chi connectivity index (χ3v) is 5.59. The summed E-state index contributed by atoms with van der Waals surface area (Å²) in [5.74, 6) is 0.482. The Bertz CT molecular complexity index is 1410. The van der Waals surface area contributed by atoms with E-state index < -0.39 is 6.03 Å². The van der Waals surface area contributed by atoms with Crippen LogP contribution >= 0.6 is 27.5 Å². The molecular weight excluding hydrogens is 534 g/mol. The molecule has 0 atom stereocenters. The number of benzene rings is 3. The molecule has 0 unspecified atom stereocenters. The summed E-state index contributed by atoms with van der Waals surface area (Å²) in [5.41, 5.74) is 1.92. The molecule has 0 saturated carbocycles. The van der Waals surface area contributed by atoms with Gasteiger partial charge in [-0.1, -0.05) is 39.7 Å². The van der Waals surface area contributed by atoms with Gasteiger partial charge in [0, 0.05) is 27.6 Å². The molecule has 4 rings (SSSR count). The summed E-state index contributed by atoms with van der Waals surface area (Å²) >= 11 is 9.79. The number of aromatic nitrogens is 2. The predicted octanol–water partition coefficient (Wildman–Crippen LogP) is 6.95. The second kappa shape index (κ2) is 10.7. The van der Waals surface area contributed by atoms with Crippen molar-refractivity contribution in [1.82, 2.24) is 9.97 Å². The predicted molar refractivity (Wildman–Crippen MR) is 138 cm³/mol. The largest absolute Gasteiger partial charge is 0.404 e. The standard InChI is InChI=1S/C24H15BrClN7O2/c25-17-7-11-19(12-8-17)32(33(24(34)31-35)21-4-2-1-3-20(21)26)22-13-14-28-23(30-22)29-18-9-5-16(15-27)6-10-18/h1-14H,(H,28,29,30). The molecule has 1 aromatic heterocycles. The van der Waals surface area contributed by atoms with Gasteiger partial charge in [0.05, 0.1) is 28.0 Å². The van der Waals surface area contributed by atoms with Crippen LogP contribution in [0.25, 0.3) is 0 Å². The fourth-order valence-electron chi connectivity index (χ4n) is 3.18. The van der Waals surface area contributed by atoms with E-state index in [0.717, 1.165) is 9.48 Å². The van der Waals surface area contributed by atoms with Crippen LogP contribution in [0.5, 0.6) is 0 Å². The second-order valence-corrected chi connectivity index (χ2v) is 8.30. The number of nitriles is 1. The van der Waals surface area contributed by atoms with Gasteiger partial charge in [0.2, 0.25) is 5.95 Å². The highest BCUT2D eigenvalue weighted by atomic mass is 79.9. The molecule has 3 aromatic carbocycles. The maximum Gasteiger partial charge on any atom is 0.404 e. The third kappa shape index (κ3) is 5.43. The highest BCUT2D eigenvalue weighted by Gasteiger charge is 2.29. The van der Waals surface area contributed by atoms with Crippen molar-refractivity contribution in [2.75, 3.05) is 15.3 Å². The van der Waals surface area contributed by atoms with Crippen LogP contribution in [0, 0.1) is 16.2 Å². The summed E-state index contributed by atoms with van der Waals surface area (Å²) in [7, 11) is 0. The minimum atomic E-state index is -1.10. The first-order valence-corrected chi connectivity index (χ1v) is 11.2. The summed E-state index contributed by atoms with van der Waals surface area (Å²) in [5, 5.41) is 17.4. The fraction of sp³-hybridized carbons (Fsp3) is 0. The second-order valence-electron chi connectivity index (χ2n) is 6.98. The number of halogens is 2. The van der Waals surface area contributed by atoms with Gasteiger partial charge >= 0.3 is 6.03 Å². The van der Waals surface area contributed by atoms with E-state index >= 15 is 0 Å². The summed E-state index contributed by atoms with van der Waals surface area (Å²) in [6.07, 6.45) is 1.50. The lowest BCUT2D eigenvalue weighted by Gasteiger charge is -2.34. The molecule has 11 heteroatoms. The van der Waals surface area contributed by atoms with Crippen molar-refractivity contribution >= 4 is 62.4 Å². The molecule has 0 aliphatic carbocycles. The zero-order valence-corrected chi connectivity index (χ0v) is 20.2. The first-order chi connectivity index (χ1) is 17.0. The quantitative estimate of drug-likeness (QED) is 0.205. The highest BCUT2D eigenvalue weighted by Crippen LogP contribution is 2.35. The molecule has 9 nitrogen and oxygen atoms in total. The number of hydrogen-bond acceptors (Lipinski definition) is 7. The Morgan fingerprint density at radius 3 is 2.40 bits per heavy atom. The molecule has 35 heavy (non-hydrogen) atoms. The Hall–Kier alpha value is -4.33. The zero-order chi connectivity index (χ0) is 24.8. The topological polar surface area (TPSA) is 115 Å². The van der Waals surface area contributed by atoms with Crippen molar-refractivity contribution in [3.8, 4) is 6.07 Å². The number of carbonyl (C=O) groups is 1. The molecule has 0 spiro atoms. The maximum absolute atomic E-state index is 12.8. The fourth-order valence-corrected chi connectivity index (χ4v) is 3.66. The molecule has 0 saturated heterocycles. The van der Waals surface area contributed by atoms with Gasteiger partial charge in [-0.05, 0) is 60.7 Å². The van der Waals surface area contributed by atoms with Gasteiger partial charge in [0.1, 0.15) is 0 Å². The van der Waals surface area contributed by atoms with Gasteiger partial charge in [-0.3, -0.25) is 0 Å². The normalized spacial score (nSPS) is 10.2. The Balaban J connectivity index is 1.82. The number of rotatable bonds is 6. The number of urea groups is 1. The molecule has 1 N–H and O–H groups in total. The number of nitrogens with zero attached hydrogens (tertiary/aromatic N) is 6. The van der Waals surface area contributed by atoms with Gasteiger partial charge in [-0.25, -0.2) is 14.8 Å². The maximum atomic E-state index is 12.8. The van der Waals surface area contributed by atoms with Crippen molar-refractivity contribution in [1.29, 1.82) is 5.26 Å². The molecule has 0 fully saturated rings. The minimum Gasteiger partial charge on any atom is -0.324 e. The lowest BCUT2D eigenvalue weighted by molar-refractivity contribution is 0.254. The average Bonchev–Trinajstić information content (AvgIpc) is 2.89. The first-order valence-electron chi connectivity index (χ1n) is 10.1. The molecule has 2 amide bonds. The van der Waals surface area contributed by atoms with Crippen LogP contribution in [0.1, 0.15) is 5.56 Å². The van der Waals surface area contributed by atoms with E-state index in [9.17, 15) is 9.70 Å². The molecule has 0 aliphatic rings. The van der Waals surface area contributed by atoms with E-state index in [1.807, 2.05) is 0 Å². The van der Waals surface area contributed by atoms with Crippen molar-refractivity contribution in [3.05, 3.63) is 105 Å².